The minimum Gasteiger partial charge on any atom is -0.333 e. The fourth-order valence-electron chi connectivity index (χ4n) is 3.95. The number of rotatable bonds is 2. The van der Waals surface area contributed by atoms with Gasteiger partial charge in [-0.25, -0.2) is 0 Å². The van der Waals surface area contributed by atoms with Crippen molar-refractivity contribution < 1.29 is 4.79 Å². The molecule has 3 heterocycles. The van der Waals surface area contributed by atoms with Gasteiger partial charge >= 0.3 is 0 Å². The lowest BCUT2D eigenvalue weighted by Crippen LogP contribution is -2.38. The summed E-state index contributed by atoms with van der Waals surface area (Å²) in [7, 11) is 1.91. The summed E-state index contributed by atoms with van der Waals surface area (Å²) in [6, 6.07) is 13.8. The number of nitrogens with zero attached hydrogens (tertiary/aromatic N) is 5. The third kappa shape index (κ3) is 2.83. The number of aryl methyl sites for hydroxylation is 1. The van der Waals surface area contributed by atoms with Gasteiger partial charge in [-0.15, -0.1) is 0 Å². The van der Waals surface area contributed by atoms with E-state index in [2.05, 4.69) is 33.3 Å². The molecule has 5 rings (SSSR count). The number of hydrogen-bond acceptors (Lipinski definition) is 4. The molecule has 0 saturated carbocycles. The van der Waals surface area contributed by atoms with E-state index in [1.807, 2.05) is 48.6 Å². The third-order valence-electron chi connectivity index (χ3n) is 5.33. The van der Waals surface area contributed by atoms with Crippen molar-refractivity contribution >= 4 is 16.9 Å². The highest BCUT2D eigenvalue weighted by Crippen LogP contribution is 2.34. The molecule has 0 N–H and O–H groups in total. The molecule has 4 aromatic rings. The van der Waals surface area contributed by atoms with Crippen molar-refractivity contribution in [3.63, 3.8) is 0 Å². The van der Waals surface area contributed by atoms with E-state index in [-0.39, 0.29) is 11.8 Å². The van der Waals surface area contributed by atoms with Gasteiger partial charge in [0.2, 0.25) is 0 Å². The predicted molar refractivity (Wildman–Crippen MR) is 106 cm³/mol. The molecule has 2 aromatic heterocycles. The number of aromatic nitrogens is 4. The molecule has 6 heteroatoms. The maximum atomic E-state index is 13.3. The summed E-state index contributed by atoms with van der Waals surface area (Å²) in [5, 5.41) is 4.32. The molecule has 6 nitrogen and oxygen atoms in total. The van der Waals surface area contributed by atoms with Crippen molar-refractivity contribution in [2.45, 2.75) is 12.5 Å². The Kier molecular flexibility index (Phi) is 3.90. The molecule has 0 bridgehead atoms. The summed E-state index contributed by atoms with van der Waals surface area (Å²) in [5.74, 6) is 0.124. The first-order valence-electron chi connectivity index (χ1n) is 9.25. The summed E-state index contributed by atoms with van der Waals surface area (Å²) < 4.78 is 1.81. The smallest absolute Gasteiger partial charge is 0.254 e. The van der Waals surface area contributed by atoms with E-state index in [1.165, 1.54) is 11.1 Å². The standard InChI is InChI=1S/C22H19N5O/c1-26-12-17(11-25-26)19-14-27(13-16-4-2-3-5-18(16)19)22(28)15-6-7-20-21(10-15)24-9-8-23-20/h2-12,19H,13-14H2,1H3. The van der Waals surface area contributed by atoms with Gasteiger partial charge in [0, 0.05) is 50.2 Å². The lowest BCUT2D eigenvalue weighted by molar-refractivity contribution is 0.0725. The zero-order valence-corrected chi connectivity index (χ0v) is 15.5. The van der Waals surface area contributed by atoms with Crippen LogP contribution in [0.2, 0.25) is 0 Å². The Morgan fingerprint density at radius 3 is 2.71 bits per heavy atom. The summed E-state index contributed by atoms with van der Waals surface area (Å²) >= 11 is 0. The van der Waals surface area contributed by atoms with Gasteiger partial charge < -0.3 is 4.90 Å². The maximum Gasteiger partial charge on any atom is 0.254 e. The van der Waals surface area contributed by atoms with Crippen LogP contribution in [0.1, 0.15) is 33.0 Å². The van der Waals surface area contributed by atoms with E-state index in [1.54, 1.807) is 17.1 Å². The minimum absolute atomic E-state index is 0.0101. The van der Waals surface area contributed by atoms with Crippen molar-refractivity contribution in [3.05, 3.63) is 89.5 Å². The zero-order valence-electron chi connectivity index (χ0n) is 15.5. The number of hydrogen-bond donors (Lipinski definition) is 0. The molecule has 0 saturated heterocycles. The molecule has 1 atom stereocenters. The second-order valence-electron chi connectivity index (χ2n) is 7.14. The van der Waals surface area contributed by atoms with Gasteiger partial charge in [0.15, 0.2) is 0 Å². The molecule has 1 aliphatic rings. The molecule has 1 aliphatic heterocycles. The van der Waals surface area contributed by atoms with Crippen LogP contribution in [0.5, 0.6) is 0 Å². The average Bonchev–Trinajstić information content (AvgIpc) is 3.18. The molecule has 1 unspecified atom stereocenters. The van der Waals surface area contributed by atoms with E-state index in [9.17, 15) is 4.79 Å². The van der Waals surface area contributed by atoms with Crippen molar-refractivity contribution in [2.24, 2.45) is 7.05 Å². The maximum absolute atomic E-state index is 13.3. The molecule has 0 radical (unpaired) electrons. The predicted octanol–water partition coefficient (Wildman–Crippen LogP) is 3.15. The first kappa shape index (κ1) is 16.6. The van der Waals surface area contributed by atoms with Crippen LogP contribution < -0.4 is 0 Å². The van der Waals surface area contributed by atoms with Gasteiger partial charge in [0.05, 0.1) is 17.2 Å². The number of amides is 1. The van der Waals surface area contributed by atoms with Crippen LogP contribution in [0.15, 0.2) is 67.3 Å². The summed E-state index contributed by atoms with van der Waals surface area (Å²) in [4.78, 5) is 23.8. The SMILES string of the molecule is Cn1cc(C2CN(C(=O)c3ccc4nccnc4c3)Cc3ccccc32)cn1. The monoisotopic (exact) mass is 369 g/mol. The zero-order chi connectivity index (χ0) is 19.1. The number of carbonyl (C=O) groups excluding carboxylic acids is 1. The van der Waals surface area contributed by atoms with Crippen molar-refractivity contribution in [1.29, 1.82) is 0 Å². The fourth-order valence-corrected chi connectivity index (χ4v) is 3.95. The molecule has 2 aromatic carbocycles. The summed E-state index contributed by atoms with van der Waals surface area (Å²) in [6.45, 7) is 1.23. The third-order valence-corrected chi connectivity index (χ3v) is 5.33. The van der Waals surface area contributed by atoms with Crippen LogP contribution in [0, 0.1) is 0 Å². The van der Waals surface area contributed by atoms with Crippen molar-refractivity contribution in [3.8, 4) is 0 Å². The number of fused-ring (bicyclic) bond motifs is 2. The molecule has 0 aliphatic carbocycles. The Morgan fingerprint density at radius 1 is 1.07 bits per heavy atom. The average molecular weight is 369 g/mol. The van der Waals surface area contributed by atoms with Gasteiger partial charge in [0.25, 0.3) is 5.91 Å². The highest BCUT2D eigenvalue weighted by Gasteiger charge is 2.30. The molecule has 28 heavy (non-hydrogen) atoms. The Hall–Kier alpha value is -3.54. The van der Waals surface area contributed by atoms with Crippen LogP contribution >= 0.6 is 0 Å². The van der Waals surface area contributed by atoms with Crippen molar-refractivity contribution in [1.82, 2.24) is 24.6 Å². The lowest BCUT2D eigenvalue weighted by atomic mass is 9.86. The minimum atomic E-state index is 0.0101. The second-order valence-corrected chi connectivity index (χ2v) is 7.14. The normalized spacial score (nSPS) is 16.2. The molecular formula is C22H19N5O. The Labute approximate surface area is 162 Å². The van der Waals surface area contributed by atoms with Crippen LogP contribution in [0.3, 0.4) is 0 Å². The van der Waals surface area contributed by atoms with Crippen LogP contribution in [-0.4, -0.2) is 37.1 Å². The van der Waals surface area contributed by atoms with Gasteiger partial charge in [-0.1, -0.05) is 24.3 Å². The van der Waals surface area contributed by atoms with Gasteiger partial charge in [-0.2, -0.15) is 5.10 Å². The molecular weight excluding hydrogens is 350 g/mol. The molecule has 0 spiro atoms. The first-order valence-corrected chi connectivity index (χ1v) is 9.25. The van der Waals surface area contributed by atoms with E-state index < -0.39 is 0 Å². The Morgan fingerprint density at radius 2 is 1.89 bits per heavy atom. The molecule has 0 fully saturated rings. The highest BCUT2D eigenvalue weighted by molar-refractivity contribution is 5.97. The fraction of sp³-hybridized carbons (Fsp3) is 0.182. The van der Waals surface area contributed by atoms with E-state index in [0.717, 1.165) is 16.6 Å². The summed E-state index contributed by atoms with van der Waals surface area (Å²) in [5.41, 5.74) is 5.72. The topological polar surface area (TPSA) is 63.9 Å². The number of carbonyl (C=O) groups is 1. The van der Waals surface area contributed by atoms with E-state index in [4.69, 9.17) is 0 Å². The van der Waals surface area contributed by atoms with Crippen LogP contribution in [0.4, 0.5) is 0 Å². The van der Waals surface area contributed by atoms with Gasteiger partial charge in [0.1, 0.15) is 0 Å². The van der Waals surface area contributed by atoms with Gasteiger partial charge in [-0.05, 0) is 34.9 Å². The quantitative estimate of drug-likeness (QED) is 0.544. The van der Waals surface area contributed by atoms with Crippen LogP contribution in [0.25, 0.3) is 11.0 Å². The Bertz CT molecular complexity index is 1180. The van der Waals surface area contributed by atoms with E-state index >= 15 is 0 Å². The second kappa shape index (κ2) is 6.56. The molecule has 138 valence electrons. The summed E-state index contributed by atoms with van der Waals surface area (Å²) in [6.07, 6.45) is 7.22. The highest BCUT2D eigenvalue weighted by atomic mass is 16.2. The van der Waals surface area contributed by atoms with Crippen molar-refractivity contribution in [2.75, 3.05) is 6.54 Å². The first-order chi connectivity index (χ1) is 13.7. The largest absolute Gasteiger partial charge is 0.333 e. The lowest BCUT2D eigenvalue weighted by Gasteiger charge is -2.34. The Balaban J connectivity index is 1.52. The molecule has 1 amide bonds. The van der Waals surface area contributed by atoms with E-state index in [0.29, 0.717) is 18.7 Å². The van der Waals surface area contributed by atoms with Gasteiger partial charge in [-0.3, -0.25) is 19.4 Å². The van der Waals surface area contributed by atoms with Crippen LogP contribution in [-0.2, 0) is 13.6 Å². The number of benzene rings is 2.